The number of hydrogen-bond acceptors (Lipinski definition) is 4. The van der Waals surface area contributed by atoms with Gasteiger partial charge in [0, 0.05) is 5.69 Å². The summed E-state index contributed by atoms with van der Waals surface area (Å²) in [5, 5.41) is 2.50. The lowest BCUT2D eigenvalue weighted by atomic mass is 10.0. The molecule has 0 heterocycles. The minimum Gasteiger partial charge on any atom is -0.465 e. The second kappa shape index (κ2) is 6.54. The Morgan fingerprint density at radius 3 is 2.33 bits per heavy atom. The van der Waals surface area contributed by atoms with Crippen molar-refractivity contribution in [2.24, 2.45) is 5.92 Å². The van der Waals surface area contributed by atoms with Crippen molar-refractivity contribution in [3.05, 3.63) is 30.3 Å². The molecule has 18 heavy (non-hydrogen) atoms. The Morgan fingerprint density at radius 1 is 1.22 bits per heavy atom. The van der Waals surface area contributed by atoms with Crippen LogP contribution in [0, 0.1) is 5.92 Å². The van der Waals surface area contributed by atoms with Gasteiger partial charge in [-0.25, -0.2) is 0 Å². The summed E-state index contributed by atoms with van der Waals surface area (Å²) in [6.07, 6.45) is 0. The molecular formula is C13H15NO4. The van der Waals surface area contributed by atoms with Crippen molar-refractivity contribution in [1.29, 1.82) is 0 Å². The maximum atomic E-state index is 11.8. The Kier molecular flexibility index (Phi) is 5.05. The topological polar surface area (TPSA) is 72.5 Å². The van der Waals surface area contributed by atoms with E-state index in [-0.39, 0.29) is 6.61 Å². The van der Waals surface area contributed by atoms with Crippen molar-refractivity contribution in [3.63, 3.8) is 0 Å². The largest absolute Gasteiger partial charge is 0.465 e. The van der Waals surface area contributed by atoms with Crippen molar-refractivity contribution >= 4 is 23.3 Å². The van der Waals surface area contributed by atoms with Crippen LogP contribution in [0.1, 0.15) is 13.8 Å². The third-order valence-corrected chi connectivity index (χ3v) is 2.23. The molecule has 1 aromatic rings. The minimum atomic E-state index is -1.41. The Morgan fingerprint density at radius 2 is 1.83 bits per heavy atom. The molecule has 5 nitrogen and oxygen atoms in total. The quantitative estimate of drug-likeness (QED) is 0.632. The maximum Gasteiger partial charge on any atom is 0.326 e. The second-order valence-electron chi connectivity index (χ2n) is 3.65. The molecule has 0 fully saturated rings. The Hall–Kier alpha value is -2.17. The number of carbonyl (C=O) groups is 3. The molecule has 0 aliphatic carbocycles. The predicted molar refractivity (Wildman–Crippen MR) is 65.9 cm³/mol. The molecule has 5 heteroatoms. The van der Waals surface area contributed by atoms with Gasteiger partial charge in [0.25, 0.3) is 0 Å². The lowest BCUT2D eigenvalue weighted by Crippen LogP contribution is -2.36. The van der Waals surface area contributed by atoms with Crippen LogP contribution in [0.4, 0.5) is 5.69 Å². The molecule has 0 aliphatic rings. The zero-order valence-electron chi connectivity index (χ0n) is 10.3. The first-order valence-corrected chi connectivity index (χ1v) is 5.59. The van der Waals surface area contributed by atoms with Crippen LogP contribution in [-0.2, 0) is 19.1 Å². The van der Waals surface area contributed by atoms with Crippen molar-refractivity contribution in [2.45, 2.75) is 13.8 Å². The first kappa shape index (κ1) is 13.9. The minimum absolute atomic E-state index is 0.126. The van der Waals surface area contributed by atoms with Crippen molar-refractivity contribution in [2.75, 3.05) is 11.9 Å². The molecule has 0 spiro atoms. The smallest absolute Gasteiger partial charge is 0.326 e. The first-order valence-electron chi connectivity index (χ1n) is 5.59. The van der Waals surface area contributed by atoms with Crippen LogP contribution in [0.2, 0.25) is 0 Å². The number of amides is 1. The van der Waals surface area contributed by atoms with E-state index in [0.717, 1.165) is 0 Å². The van der Waals surface area contributed by atoms with E-state index in [1.165, 1.54) is 6.92 Å². The molecule has 0 unspecified atom stereocenters. The van der Waals surface area contributed by atoms with Gasteiger partial charge in [-0.05, 0) is 26.0 Å². The molecule has 0 aromatic heterocycles. The highest BCUT2D eigenvalue weighted by atomic mass is 16.5. The SMILES string of the molecule is CCOC(=O)[C@@H](C(C)=O)C(=O)Nc1ccccc1. The van der Waals surface area contributed by atoms with E-state index in [9.17, 15) is 14.4 Å². The summed E-state index contributed by atoms with van der Waals surface area (Å²) in [6, 6.07) is 8.61. The average Bonchev–Trinajstić information content (AvgIpc) is 2.30. The van der Waals surface area contributed by atoms with E-state index >= 15 is 0 Å². The lowest BCUT2D eigenvalue weighted by Gasteiger charge is -2.12. The van der Waals surface area contributed by atoms with E-state index in [1.807, 2.05) is 0 Å². The number of hydrogen-bond donors (Lipinski definition) is 1. The summed E-state index contributed by atoms with van der Waals surface area (Å²) in [6.45, 7) is 2.93. The van der Waals surface area contributed by atoms with Crippen LogP contribution in [0.3, 0.4) is 0 Å². The summed E-state index contributed by atoms with van der Waals surface area (Å²) in [7, 11) is 0. The number of para-hydroxylation sites is 1. The van der Waals surface area contributed by atoms with Crippen LogP contribution in [0.15, 0.2) is 30.3 Å². The molecule has 1 N–H and O–H groups in total. The Labute approximate surface area is 105 Å². The monoisotopic (exact) mass is 249 g/mol. The molecule has 1 amide bonds. The van der Waals surface area contributed by atoms with Crippen molar-refractivity contribution in [3.8, 4) is 0 Å². The highest BCUT2D eigenvalue weighted by Crippen LogP contribution is 2.10. The Balaban J connectivity index is 2.78. The standard InChI is InChI=1S/C13H15NO4/c1-3-18-13(17)11(9(2)15)12(16)14-10-7-5-4-6-8-10/h4-8,11H,3H2,1-2H3,(H,14,16)/t11-/m0/s1. The van der Waals surface area contributed by atoms with Crippen molar-refractivity contribution in [1.82, 2.24) is 0 Å². The van der Waals surface area contributed by atoms with Crippen LogP contribution < -0.4 is 5.32 Å². The number of esters is 1. The second-order valence-corrected chi connectivity index (χ2v) is 3.65. The van der Waals surface area contributed by atoms with Gasteiger partial charge in [0.2, 0.25) is 5.91 Å². The molecule has 0 saturated heterocycles. The molecule has 0 aliphatic heterocycles. The summed E-state index contributed by atoms with van der Waals surface area (Å²) in [5.41, 5.74) is 0.526. The number of nitrogens with one attached hydrogen (secondary N) is 1. The summed E-state index contributed by atoms with van der Waals surface area (Å²) in [5.74, 6) is -3.45. The number of ether oxygens (including phenoxy) is 1. The van der Waals surface area contributed by atoms with Crippen LogP contribution in [0.25, 0.3) is 0 Å². The molecular weight excluding hydrogens is 234 g/mol. The lowest BCUT2D eigenvalue weighted by molar-refractivity contribution is -0.153. The average molecular weight is 249 g/mol. The zero-order chi connectivity index (χ0) is 13.5. The molecule has 0 saturated carbocycles. The normalized spacial score (nSPS) is 11.4. The van der Waals surface area contributed by atoms with E-state index in [4.69, 9.17) is 4.74 Å². The third kappa shape index (κ3) is 3.69. The molecule has 96 valence electrons. The number of Topliss-reactive ketones (excluding diaryl/α,β-unsaturated/α-hetero) is 1. The third-order valence-electron chi connectivity index (χ3n) is 2.23. The molecule has 1 aromatic carbocycles. The number of carbonyl (C=O) groups excluding carboxylic acids is 3. The number of anilines is 1. The van der Waals surface area contributed by atoms with Gasteiger partial charge in [0.15, 0.2) is 11.7 Å². The number of ketones is 1. The maximum absolute atomic E-state index is 11.8. The number of rotatable bonds is 5. The predicted octanol–water partition coefficient (Wildman–Crippen LogP) is 1.39. The molecule has 1 rings (SSSR count). The molecule has 0 bridgehead atoms. The van der Waals surface area contributed by atoms with Gasteiger partial charge in [-0.3, -0.25) is 14.4 Å². The van der Waals surface area contributed by atoms with Gasteiger partial charge >= 0.3 is 5.97 Å². The van der Waals surface area contributed by atoms with Gasteiger partial charge in [0.05, 0.1) is 6.61 Å². The van der Waals surface area contributed by atoms with E-state index in [2.05, 4.69) is 5.32 Å². The first-order chi connectivity index (χ1) is 8.56. The van der Waals surface area contributed by atoms with Crippen LogP contribution in [-0.4, -0.2) is 24.3 Å². The Bertz CT molecular complexity index is 442. The van der Waals surface area contributed by atoms with Gasteiger partial charge in [0.1, 0.15) is 0 Å². The highest BCUT2D eigenvalue weighted by molar-refractivity contribution is 6.19. The van der Waals surface area contributed by atoms with Gasteiger partial charge in [-0.1, -0.05) is 18.2 Å². The summed E-state index contributed by atoms with van der Waals surface area (Å²) >= 11 is 0. The van der Waals surface area contributed by atoms with Crippen molar-refractivity contribution < 1.29 is 19.1 Å². The fourth-order valence-corrected chi connectivity index (χ4v) is 1.42. The fraction of sp³-hybridized carbons (Fsp3) is 0.308. The highest BCUT2D eigenvalue weighted by Gasteiger charge is 2.32. The molecule has 1 atom stereocenters. The summed E-state index contributed by atoms with van der Waals surface area (Å²) < 4.78 is 4.70. The van der Waals surface area contributed by atoms with Gasteiger partial charge < -0.3 is 10.1 Å². The van der Waals surface area contributed by atoms with Crippen LogP contribution in [0.5, 0.6) is 0 Å². The molecule has 0 radical (unpaired) electrons. The van der Waals surface area contributed by atoms with E-state index in [0.29, 0.717) is 5.69 Å². The van der Waals surface area contributed by atoms with Gasteiger partial charge in [-0.15, -0.1) is 0 Å². The zero-order valence-corrected chi connectivity index (χ0v) is 10.3. The van der Waals surface area contributed by atoms with Gasteiger partial charge in [-0.2, -0.15) is 0 Å². The van der Waals surface area contributed by atoms with E-state index in [1.54, 1.807) is 37.3 Å². The number of benzene rings is 1. The van der Waals surface area contributed by atoms with Crippen LogP contribution >= 0.6 is 0 Å². The fourth-order valence-electron chi connectivity index (χ4n) is 1.42. The van der Waals surface area contributed by atoms with E-state index < -0.39 is 23.6 Å². The summed E-state index contributed by atoms with van der Waals surface area (Å²) in [4.78, 5) is 34.7.